The zero-order chi connectivity index (χ0) is 5.86. The van der Waals surface area contributed by atoms with E-state index in [0.29, 0.717) is 0 Å². The molecule has 0 aliphatic heterocycles. The maximum atomic E-state index is 10.9. The van der Waals surface area contributed by atoms with E-state index in [1.807, 2.05) is 0 Å². The van der Waals surface area contributed by atoms with E-state index in [2.05, 4.69) is 0 Å². The number of hydrogen-bond donors (Lipinski definition) is 1. The molecule has 0 unspecified atom stereocenters. The van der Waals surface area contributed by atoms with E-state index in [9.17, 15) is 14.0 Å². The summed E-state index contributed by atoms with van der Waals surface area (Å²) in [6, 6.07) is 0. The molecule has 0 atom stereocenters. The van der Waals surface area contributed by atoms with Crippen molar-refractivity contribution in [2.24, 2.45) is 0 Å². The van der Waals surface area contributed by atoms with Gasteiger partial charge in [-0.1, -0.05) is 0 Å². The molecular formula is C3H3FNaO3. The normalized spacial score (nSPS) is 7.12. The molecule has 0 saturated carbocycles. The Balaban J connectivity index is 0. The number of carbonyl (C=O) groups excluding carboxylic acids is 1. The second-order valence-electron chi connectivity index (χ2n) is 0.862. The van der Waals surface area contributed by atoms with Crippen molar-refractivity contribution in [3.63, 3.8) is 0 Å². The first-order valence-corrected chi connectivity index (χ1v) is 1.50. The second-order valence-corrected chi connectivity index (χ2v) is 0.862. The first-order chi connectivity index (χ1) is 3.18. The van der Waals surface area contributed by atoms with Gasteiger partial charge in [-0.25, -0.2) is 9.18 Å². The van der Waals surface area contributed by atoms with Crippen LogP contribution < -0.4 is 0 Å². The van der Waals surface area contributed by atoms with E-state index in [4.69, 9.17) is 5.11 Å². The van der Waals surface area contributed by atoms with Crippen molar-refractivity contribution in [2.45, 2.75) is 0 Å². The number of hydrogen-bond acceptors (Lipinski definition) is 2. The second kappa shape index (κ2) is 5.21. The van der Waals surface area contributed by atoms with Gasteiger partial charge in [0.05, 0.1) is 0 Å². The topological polar surface area (TPSA) is 54.4 Å². The largest absolute Gasteiger partial charge is 0.475 e. The molecule has 0 aliphatic carbocycles. The first-order valence-electron chi connectivity index (χ1n) is 1.50. The van der Waals surface area contributed by atoms with Crippen LogP contribution in [0.15, 0.2) is 0 Å². The monoisotopic (exact) mass is 129 g/mol. The van der Waals surface area contributed by atoms with Gasteiger partial charge >= 0.3 is 5.97 Å². The van der Waals surface area contributed by atoms with Crippen LogP contribution >= 0.6 is 0 Å². The van der Waals surface area contributed by atoms with E-state index in [1.54, 1.807) is 0 Å². The van der Waals surface area contributed by atoms with Crippen LogP contribution in [0.5, 0.6) is 0 Å². The summed E-state index contributed by atoms with van der Waals surface area (Å²) in [7, 11) is 0. The molecular weight excluding hydrogens is 126 g/mol. The van der Waals surface area contributed by atoms with Crippen LogP contribution in [0.4, 0.5) is 4.39 Å². The molecule has 0 spiro atoms. The van der Waals surface area contributed by atoms with Crippen molar-refractivity contribution in [2.75, 3.05) is 6.67 Å². The maximum Gasteiger partial charge on any atom is 0.375 e. The zero-order valence-electron chi connectivity index (χ0n) is 4.35. The summed E-state index contributed by atoms with van der Waals surface area (Å²) in [6.45, 7) is -1.42. The zero-order valence-corrected chi connectivity index (χ0v) is 6.35. The SMILES string of the molecule is O=C(O)C(=O)CF.[Na]. The minimum Gasteiger partial charge on any atom is -0.475 e. The van der Waals surface area contributed by atoms with Crippen LogP contribution in [0.1, 0.15) is 0 Å². The molecule has 0 aromatic rings. The number of alkyl halides is 1. The minimum absolute atomic E-state index is 0. The average Bonchev–Trinajstić information content (AvgIpc) is 1.65. The average molecular weight is 129 g/mol. The molecule has 0 amide bonds. The fourth-order valence-corrected chi connectivity index (χ4v) is 0.0572. The van der Waals surface area contributed by atoms with Gasteiger partial charge in [0.1, 0.15) is 0 Å². The molecule has 41 valence electrons. The summed E-state index contributed by atoms with van der Waals surface area (Å²) >= 11 is 0. The van der Waals surface area contributed by atoms with Crippen molar-refractivity contribution in [1.82, 2.24) is 0 Å². The Kier molecular flexibility index (Phi) is 7.13. The van der Waals surface area contributed by atoms with Crippen LogP contribution in [0.2, 0.25) is 0 Å². The molecule has 1 N–H and O–H groups in total. The Bertz CT molecular complexity index is 103. The fraction of sp³-hybridized carbons (Fsp3) is 0.333. The molecule has 0 rings (SSSR count). The van der Waals surface area contributed by atoms with Gasteiger partial charge in [-0.2, -0.15) is 0 Å². The standard InChI is InChI=1S/C3H3FO3.Na/c4-1-2(5)3(6)7;/h1H2,(H,6,7);. The summed E-state index contributed by atoms with van der Waals surface area (Å²) < 4.78 is 10.9. The third kappa shape index (κ3) is 4.23. The molecule has 0 heterocycles. The van der Waals surface area contributed by atoms with Crippen molar-refractivity contribution >= 4 is 41.3 Å². The molecule has 3 nitrogen and oxygen atoms in total. The molecule has 0 bridgehead atoms. The quantitative estimate of drug-likeness (QED) is 0.393. The smallest absolute Gasteiger partial charge is 0.375 e. The van der Waals surface area contributed by atoms with E-state index in [0.717, 1.165) is 0 Å². The Labute approximate surface area is 67.2 Å². The third-order valence-corrected chi connectivity index (χ3v) is 0.360. The number of ketones is 1. The van der Waals surface area contributed by atoms with Gasteiger partial charge in [-0.3, -0.25) is 4.79 Å². The van der Waals surface area contributed by atoms with Crippen molar-refractivity contribution in [3.8, 4) is 0 Å². The summed E-state index contributed by atoms with van der Waals surface area (Å²) in [5, 5.41) is 7.59. The number of Topliss-reactive ketones (excluding diaryl/α,β-unsaturated/α-hetero) is 1. The molecule has 1 radical (unpaired) electrons. The number of carbonyl (C=O) groups is 2. The van der Waals surface area contributed by atoms with Crippen LogP contribution in [-0.4, -0.2) is 53.1 Å². The number of rotatable bonds is 2. The predicted octanol–water partition coefficient (Wildman–Crippen LogP) is -0.771. The minimum atomic E-state index is -1.72. The van der Waals surface area contributed by atoms with Crippen molar-refractivity contribution in [3.05, 3.63) is 0 Å². The Hall–Kier alpha value is 0.0700. The predicted molar refractivity (Wildman–Crippen MR) is 24.4 cm³/mol. The molecule has 0 aliphatic rings. The van der Waals surface area contributed by atoms with Crippen molar-refractivity contribution < 1.29 is 19.1 Å². The Morgan fingerprint density at radius 2 is 1.88 bits per heavy atom. The molecule has 8 heavy (non-hydrogen) atoms. The number of aliphatic carboxylic acids is 1. The van der Waals surface area contributed by atoms with Crippen LogP contribution in [-0.2, 0) is 9.59 Å². The van der Waals surface area contributed by atoms with Gasteiger partial charge in [-0.15, -0.1) is 0 Å². The molecule has 0 saturated heterocycles. The maximum absolute atomic E-state index is 10.9. The summed E-state index contributed by atoms with van der Waals surface area (Å²) in [4.78, 5) is 18.9. The number of carboxylic acids is 1. The van der Waals surface area contributed by atoms with Crippen LogP contribution in [0.25, 0.3) is 0 Å². The molecule has 0 aromatic carbocycles. The van der Waals surface area contributed by atoms with Gasteiger partial charge in [0.25, 0.3) is 5.78 Å². The van der Waals surface area contributed by atoms with Gasteiger partial charge < -0.3 is 5.11 Å². The van der Waals surface area contributed by atoms with Crippen molar-refractivity contribution in [1.29, 1.82) is 0 Å². The van der Waals surface area contributed by atoms with E-state index >= 15 is 0 Å². The molecule has 0 fully saturated rings. The number of halogens is 1. The first kappa shape index (κ1) is 10.9. The Morgan fingerprint density at radius 3 is 1.88 bits per heavy atom. The van der Waals surface area contributed by atoms with Crippen LogP contribution in [0, 0.1) is 0 Å². The summed E-state index contributed by atoms with van der Waals surface area (Å²) in [5.41, 5.74) is 0. The number of carboxylic acid groups (broad SMARTS) is 1. The molecule has 5 heteroatoms. The fourth-order valence-electron chi connectivity index (χ4n) is 0.0572. The van der Waals surface area contributed by atoms with Gasteiger partial charge in [-0.05, 0) is 0 Å². The van der Waals surface area contributed by atoms with Gasteiger partial charge in [0.15, 0.2) is 6.67 Å². The van der Waals surface area contributed by atoms with E-state index in [-0.39, 0.29) is 29.6 Å². The summed E-state index contributed by atoms with van der Waals surface area (Å²) in [5.74, 6) is -3.12. The summed E-state index contributed by atoms with van der Waals surface area (Å²) in [6.07, 6.45) is 0. The van der Waals surface area contributed by atoms with Gasteiger partial charge in [0, 0.05) is 29.6 Å². The molecule has 0 aromatic heterocycles. The van der Waals surface area contributed by atoms with Gasteiger partial charge in [0.2, 0.25) is 0 Å². The Morgan fingerprint density at radius 1 is 1.50 bits per heavy atom. The third-order valence-electron chi connectivity index (χ3n) is 0.360. The van der Waals surface area contributed by atoms with Crippen LogP contribution in [0.3, 0.4) is 0 Å². The van der Waals surface area contributed by atoms with E-state index in [1.165, 1.54) is 0 Å². The van der Waals surface area contributed by atoms with E-state index < -0.39 is 18.4 Å².